The highest BCUT2D eigenvalue weighted by Crippen LogP contribution is 2.25. The Morgan fingerprint density at radius 1 is 1.07 bits per heavy atom. The van der Waals surface area contributed by atoms with E-state index in [9.17, 15) is 4.79 Å². The number of hydrogen-bond acceptors (Lipinski definition) is 3. The van der Waals surface area contributed by atoms with Crippen LogP contribution < -0.4 is 10.1 Å². The molecule has 0 aliphatic carbocycles. The van der Waals surface area contributed by atoms with Crippen molar-refractivity contribution in [2.75, 3.05) is 11.9 Å². The van der Waals surface area contributed by atoms with Crippen molar-refractivity contribution in [1.82, 2.24) is 9.97 Å². The van der Waals surface area contributed by atoms with Crippen LogP contribution in [0.15, 0.2) is 60.8 Å². The Morgan fingerprint density at radius 2 is 1.89 bits per heavy atom. The second kappa shape index (κ2) is 7.50. The number of aromatic nitrogens is 2. The number of carbonyl (C=O) groups is 1. The monoisotopic (exact) mass is 359 g/mol. The summed E-state index contributed by atoms with van der Waals surface area (Å²) in [6.07, 6.45) is 2.82. The van der Waals surface area contributed by atoms with Gasteiger partial charge >= 0.3 is 0 Å². The molecule has 27 heavy (non-hydrogen) atoms. The number of anilines is 1. The molecule has 0 radical (unpaired) electrons. The van der Waals surface area contributed by atoms with Crippen LogP contribution in [0.3, 0.4) is 0 Å². The number of ether oxygens (including phenoxy) is 1. The average Bonchev–Trinajstić information content (AvgIpc) is 3.06. The lowest BCUT2D eigenvalue weighted by atomic mass is 10.1. The molecule has 1 amide bonds. The largest absolute Gasteiger partial charge is 0.494 e. The van der Waals surface area contributed by atoms with Gasteiger partial charge in [-0.05, 0) is 49.7 Å². The maximum absolute atomic E-state index is 12.2. The number of para-hydroxylation sites is 1. The fourth-order valence-corrected chi connectivity index (χ4v) is 3.20. The first kappa shape index (κ1) is 17.1. The topological polar surface area (TPSA) is 67.0 Å². The van der Waals surface area contributed by atoms with Crippen molar-refractivity contribution in [2.45, 2.75) is 19.8 Å². The number of nitrogens with zero attached hydrogens (tertiary/aromatic N) is 1. The Kier molecular flexibility index (Phi) is 4.75. The molecule has 2 aromatic heterocycles. The molecule has 2 N–H and O–H groups in total. The molecule has 0 saturated heterocycles. The maximum atomic E-state index is 12.2. The molecule has 136 valence electrons. The highest BCUT2D eigenvalue weighted by atomic mass is 16.5. The molecule has 0 aliphatic heterocycles. The second-order valence-corrected chi connectivity index (χ2v) is 6.40. The fraction of sp³-hybridized carbons (Fsp3) is 0.182. The number of fused-ring (bicyclic) bond motifs is 3. The van der Waals surface area contributed by atoms with E-state index in [0.29, 0.717) is 19.4 Å². The Labute approximate surface area is 157 Å². The predicted molar refractivity (Wildman–Crippen MR) is 108 cm³/mol. The molecular weight excluding hydrogens is 338 g/mol. The molecule has 2 aromatic carbocycles. The zero-order valence-electron chi connectivity index (χ0n) is 15.2. The molecule has 4 aromatic rings. The summed E-state index contributed by atoms with van der Waals surface area (Å²) in [5.74, 6) is 0.770. The van der Waals surface area contributed by atoms with Gasteiger partial charge in [0, 0.05) is 34.1 Å². The smallest absolute Gasteiger partial charge is 0.224 e. The molecule has 0 fully saturated rings. The average molecular weight is 359 g/mol. The number of aryl methyl sites for hydroxylation is 1. The lowest BCUT2D eigenvalue weighted by Gasteiger charge is -2.07. The number of amides is 1. The Hall–Kier alpha value is -3.34. The molecule has 5 heteroatoms. The van der Waals surface area contributed by atoms with Crippen LogP contribution in [0, 0.1) is 0 Å². The number of H-pyrrole nitrogens is 1. The second-order valence-electron chi connectivity index (χ2n) is 6.40. The zero-order valence-corrected chi connectivity index (χ0v) is 15.2. The standard InChI is InChI=1S/C22H21N3O2/c1-2-27-17-10-7-15(8-11-17)24-22(26)12-9-16-13-19-18-5-3-4-6-20(18)25-21(19)14-23-16/h3-8,10-11,13-14,25H,2,9,12H2,1H3,(H,24,26). The minimum Gasteiger partial charge on any atom is -0.494 e. The van der Waals surface area contributed by atoms with E-state index in [1.54, 1.807) is 0 Å². The zero-order chi connectivity index (χ0) is 18.6. The molecule has 0 saturated carbocycles. The molecule has 0 unspecified atom stereocenters. The highest BCUT2D eigenvalue weighted by molar-refractivity contribution is 6.07. The summed E-state index contributed by atoms with van der Waals surface area (Å²) < 4.78 is 5.41. The van der Waals surface area contributed by atoms with Gasteiger partial charge in [0.15, 0.2) is 0 Å². The van der Waals surface area contributed by atoms with Crippen molar-refractivity contribution >= 4 is 33.4 Å². The van der Waals surface area contributed by atoms with Crippen molar-refractivity contribution < 1.29 is 9.53 Å². The number of hydrogen-bond donors (Lipinski definition) is 2. The third kappa shape index (κ3) is 3.77. The number of aromatic amines is 1. The van der Waals surface area contributed by atoms with Gasteiger partial charge in [0.1, 0.15) is 5.75 Å². The summed E-state index contributed by atoms with van der Waals surface area (Å²) in [7, 11) is 0. The predicted octanol–water partition coefficient (Wildman–Crippen LogP) is 4.69. The van der Waals surface area contributed by atoms with Gasteiger partial charge in [-0.25, -0.2) is 0 Å². The number of benzene rings is 2. The first-order valence-electron chi connectivity index (χ1n) is 9.11. The minimum absolute atomic E-state index is 0.0278. The van der Waals surface area contributed by atoms with Crippen LogP contribution in [-0.2, 0) is 11.2 Å². The van der Waals surface area contributed by atoms with Gasteiger partial charge < -0.3 is 15.0 Å². The van der Waals surface area contributed by atoms with E-state index in [1.165, 1.54) is 5.39 Å². The van der Waals surface area contributed by atoms with E-state index in [0.717, 1.165) is 33.6 Å². The number of pyridine rings is 1. The van der Waals surface area contributed by atoms with Crippen molar-refractivity contribution in [3.8, 4) is 5.75 Å². The SMILES string of the molecule is CCOc1ccc(NC(=O)CCc2cc3c(cn2)[nH]c2ccccc23)cc1. The van der Waals surface area contributed by atoms with Gasteiger partial charge in [0.2, 0.25) is 5.91 Å². The number of rotatable bonds is 6. The Balaban J connectivity index is 1.41. The number of nitrogens with one attached hydrogen (secondary N) is 2. The van der Waals surface area contributed by atoms with Crippen LogP contribution >= 0.6 is 0 Å². The minimum atomic E-state index is -0.0278. The molecule has 0 spiro atoms. The van der Waals surface area contributed by atoms with Crippen LogP contribution in [0.1, 0.15) is 19.0 Å². The molecule has 2 heterocycles. The van der Waals surface area contributed by atoms with Crippen molar-refractivity contribution in [1.29, 1.82) is 0 Å². The van der Waals surface area contributed by atoms with Gasteiger partial charge in [-0.1, -0.05) is 18.2 Å². The van der Waals surface area contributed by atoms with Gasteiger partial charge in [-0.3, -0.25) is 9.78 Å². The van der Waals surface area contributed by atoms with E-state index < -0.39 is 0 Å². The quantitative estimate of drug-likeness (QED) is 0.525. The van der Waals surface area contributed by atoms with Crippen molar-refractivity contribution in [2.24, 2.45) is 0 Å². The van der Waals surface area contributed by atoms with Crippen LogP contribution in [0.25, 0.3) is 21.8 Å². The van der Waals surface area contributed by atoms with Crippen LogP contribution in [-0.4, -0.2) is 22.5 Å². The van der Waals surface area contributed by atoms with E-state index in [-0.39, 0.29) is 5.91 Å². The highest BCUT2D eigenvalue weighted by Gasteiger charge is 2.08. The molecule has 5 nitrogen and oxygen atoms in total. The van der Waals surface area contributed by atoms with Gasteiger partial charge in [0.05, 0.1) is 18.3 Å². The van der Waals surface area contributed by atoms with Crippen LogP contribution in [0.5, 0.6) is 5.75 Å². The Bertz CT molecular complexity index is 1080. The summed E-state index contributed by atoms with van der Waals surface area (Å²) in [5, 5.41) is 5.23. The van der Waals surface area contributed by atoms with E-state index in [1.807, 2.05) is 49.5 Å². The van der Waals surface area contributed by atoms with Gasteiger partial charge in [-0.2, -0.15) is 0 Å². The lowest BCUT2D eigenvalue weighted by Crippen LogP contribution is -2.12. The summed E-state index contributed by atoms with van der Waals surface area (Å²) in [4.78, 5) is 20.1. The lowest BCUT2D eigenvalue weighted by molar-refractivity contribution is -0.116. The summed E-state index contributed by atoms with van der Waals surface area (Å²) in [6.45, 7) is 2.57. The molecule has 0 bridgehead atoms. The summed E-state index contributed by atoms with van der Waals surface area (Å²) in [6, 6.07) is 17.7. The fourth-order valence-electron chi connectivity index (χ4n) is 3.20. The molecule has 0 atom stereocenters. The first-order chi connectivity index (χ1) is 13.2. The van der Waals surface area contributed by atoms with Crippen molar-refractivity contribution in [3.63, 3.8) is 0 Å². The summed E-state index contributed by atoms with van der Waals surface area (Å²) >= 11 is 0. The molecule has 4 rings (SSSR count). The van der Waals surface area contributed by atoms with Crippen molar-refractivity contribution in [3.05, 3.63) is 66.5 Å². The summed E-state index contributed by atoms with van der Waals surface area (Å²) in [5.41, 5.74) is 3.79. The number of carbonyl (C=O) groups excluding carboxylic acids is 1. The molecular formula is C22H21N3O2. The van der Waals surface area contributed by atoms with Gasteiger partial charge in [0.25, 0.3) is 0 Å². The van der Waals surface area contributed by atoms with E-state index >= 15 is 0 Å². The third-order valence-corrected chi connectivity index (χ3v) is 4.50. The Morgan fingerprint density at radius 3 is 2.70 bits per heavy atom. The van der Waals surface area contributed by atoms with E-state index in [4.69, 9.17) is 4.74 Å². The third-order valence-electron chi connectivity index (χ3n) is 4.50. The van der Waals surface area contributed by atoms with Crippen LogP contribution in [0.2, 0.25) is 0 Å². The van der Waals surface area contributed by atoms with E-state index in [2.05, 4.69) is 33.5 Å². The van der Waals surface area contributed by atoms with Gasteiger partial charge in [-0.15, -0.1) is 0 Å². The first-order valence-corrected chi connectivity index (χ1v) is 9.11. The maximum Gasteiger partial charge on any atom is 0.224 e. The van der Waals surface area contributed by atoms with Crippen LogP contribution in [0.4, 0.5) is 5.69 Å². The normalized spacial score (nSPS) is 11.0. The molecule has 0 aliphatic rings.